The van der Waals surface area contributed by atoms with Crippen molar-refractivity contribution < 1.29 is 14.3 Å². The van der Waals surface area contributed by atoms with Crippen molar-refractivity contribution in [1.82, 2.24) is 19.7 Å². The largest absolute Gasteiger partial charge is 0.478 e. The molecule has 0 amide bonds. The molecule has 0 radical (unpaired) electrons. The molecule has 0 unspecified atom stereocenters. The van der Waals surface area contributed by atoms with Gasteiger partial charge in [0.2, 0.25) is 11.8 Å². The summed E-state index contributed by atoms with van der Waals surface area (Å²) in [6, 6.07) is 12.5. The fourth-order valence-electron chi connectivity index (χ4n) is 2.81. The molecule has 0 aliphatic rings. The first kappa shape index (κ1) is 16.0. The summed E-state index contributed by atoms with van der Waals surface area (Å²) in [5.74, 6) is -0.348. The molecular weight excluding hydrogens is 332 g/mol. The number of rotatable bonds is 4. The van der Waals surface area contributed by atoms with Gasteiger partial charge in [-0.25, -0.2) is 9.78 Å². The number of hydrogen-bond donors (Lipinski definition) is 1. The first-order chi connectivity index (χ1) is 12.5. The van der Waals surface area contributed by atoms with E-state index in [1.165, 1.54) is 12.1 Å². The summed E-state index contributed by atoms with van der Waals surface area (Å²) in [6.07, 6.45) is 1.82. The van der Waals surface area contributed by atoms with E-state index >= 15 is 0 Å². The fourth-order valence-corrected chi connectivity index (χ4v) is 2.81. The normalized spacial score (nSPS) is 11.3. The Morgan fingerprint density at radius 1 is 1.08 bits per heavy atom. The second-order valence-electron chi connectivity index (χ2n) is 6.25. The Morgan fingerprint density at radius 3 is 2.50 bits per heavy atom. The Labute approximate surface area is 148 Å². The second kappa shape index (κ2) is 6.11. The Morgan fingerprint density at radius 2 is 1.81 bits per heavy atom. The van der Waals surface area contributed by atoms with Gasteiger partial charge in [-0.2, -0.15) is 0 Å². The van der Waals surface area contributed by atoms with Crippen LogP contribution in [-0.4, -0.2) is 30.8 Å². The summed E-state index contributed by atoms with van der Waals surface area (Å²) in [6.45, 7) is 4.18. The number of benzene rings is 2. The fraction of sp³-hybridized carbons (Fsp3) is 0.158. The third-order valence-corrected chi connectivity index (χ3v) is 4.16. The molecule has 7 heteroatoms. The molecular formula is C19H16N4O3. The highest BCUT2D eigenvalue weighted by molar-refractivity contribution is 5.89. The van der Waals surface area contributed by atoms with Crippen molar-refractivity contribution in [3.05, 3.63) is 54.4 Å². The molecule has 2 aromatic carbocycles. The molecule has 0 aliphatic carbocycles. The zero-order valence-corrected chi connectivity index (χ0v) is 14.2. The predicted octanol–water partition coefficient (Wildman–Crippen LogP) is 4.03. The van der Waals surface area contributed by atoms with Crippen molar-refractivity contribution in [3.8, 4) is 22.9 Å². The lowest BCUT2D eigenvalue weighted by atomic mass is 10.1. The Balaban J connectivity index is 1.74. The summed E-state index contributed by atoms with van der Waals surface area (Å²) < 4.78 is 7.85. The summed E-state index contributed by atoms with van der Waals surface area (Å²) in [4.78, 5) is 15.5. The highest BCUT2D eigenvalue weighted by Crippen LogP contribution is 2.27. The molecule has 0 spiro atoms. The SMILES string of the molecule is CC(C)n1cnc2ccc(-c3nnc(-c4cccc(C(=O)O)c4)o3)cc21. The van der Waals surface area contributed by atoms with Crippen LogP contribution in [0.4, 0.5) is 0 Å². The number of aromatic nitrogens is 4. The molecule has 1 N–H and O–H groups in total. The lowest BCUT2D eigenvalue weighted by molar-refractivity contribution is 0.0697. The Hall–Kier alpha value is -3.48. The van der Waals surface area contributed by atoms with E-state index in [4.69, 9.17) is 9.52 Å². The second-order valence-corrected chi connectivity index (χ2v) is 6.25. The van der Waals surface area contributed by atoms with Crippen LogP contribution in [0.25, 0.3) is 33.9 Å². The minimum atomic E-state index is -1.00. The topological polar surface area (TPSA) is 94.0 Å². The van der Waals surface area contributed by atoms with Crippen LogP contribution in [0.2, 0.25) is 0 Å². The molecule has 130 valence electrons. The molecule has 7 nitrogen and oxygen atoms in total. The maximum Gasteiger partial charge on any atom is 0.335 e. The molecule has 4 rings (SSSR count). The van der Waals surface area contributed by atoms with E-state index in [-0.39, 0.29) is 17.5 Å². The van der Waals surface area contributed by atoms with E-state index in [0.29, 0.717) is 11.5 Å². The Bertz CT molecular complexity index is 1110. The highest BCUT2D eigenvalue weighted by Gasteiger charge is 2.14. The van der Waals surface area contributed by atoms with Crippen molar-refractivity contribution in [2.45, 2.75) is 19.9 Å². The van der Waals surface area contributed by atoms with E-state index < -0.39 is 5.97 Å². The zero-order chi connectivity index (χ0) is 18.3. The van der Waals surface area contributed by atoms with Gasteiger partial charge < -0.3 is 14.1 Å². The molecule has 26 heavy (non-hydrogen) atoms. The number of carboxylic acids is 1. The third kappa shape index (κ3) is 2.73. The standard InChI is InChI=1S/C19H16N4O3/c1-11(2)23-10-20-15-7-6-13(9-16(15)23)18-22-21-17(26-18)12-4-3-5-14(8-12)19(24)25/h3-11H,1-2H3,(H,24,25). The van der Waals surface area contributed by atoms with Crippen molar-refractivity contribution in [2.24, 2.45) is 0 Å². The van der Waals surface area contributed by atoms with Crippen LogP contribution in [0.1, 0.15) is 30.2 Å². The quantitative estimate of drug-likeness (QED) is 0.598. The van der Waals surface area contributed by atoms with E-state index in [2.05, 4.69) is 33.6 Å². The molecule has 0 saturated carbocycles. The van der Waals surface area contributed by atoms with Gasteiger partial charge in [-0.05, 0) is 50.2 Å². The van der Waals surface area contributed by atoms with Crippen LogP contribution >= 0.6 is 0 Å². The minimum Gasteiger partial charge on any atom is -0.478 e. The summed E-state index contributed by atoms with van der Waals surface area (Å²) in [7, 11) is 0. The van der Waals surface area contributed by atoms with Gasteiger partial charge in [0.1, 0.15) is 0 Å². The third-order valence-electron chi connectivity index (χ3n) is 4.16. The molecule has 0 atom stereocenters. The monoisotopic (exact) mass is 348 g/mol. The first-order valence-electron chi connectivity index (χ1n) is 8.17. The molecule has 0 bridgehead atoms. The van der Waals surface area contributed by atoms with Gasteiger partial charge >= 0.3 is 5.97 Å². The predicted molar refractivity (Wildman–Crippen MR) is 95.8 cm³/mol. The van der Waals surface area contributed by atoms with Crippen LogP contribution in [0, 0.1) is 0 Å². The number of imidazole rings is 1. The van der Waals surface area contributed by atoms with Gasteiger partial charge in [-0.3, -0.25) is 0 Å². The molecule has 0 saturated heterocycles. The summed E-state index contributed by atoms with van der Waals surface area (Å²) in [5, 5.41) is 17.3. The van der Waals surface area contributed by atoms with Gasteiger partial charge in [0.25, 0.3) is 0 Å². The van der Waals surface area contributed by atoms with Crippen LogP contribution in [-0.2, 0) is 0 Å². The number of aromatic carboxylic acids is 1. The van der Waals surface area contributed by atoms with Gasteiger partial charge in [-0.15, -0.1) is 10.2 Å². The van der Waals surface area contributed by atoms with E-state index in [1.807, 2.05) is 24.5 Å². The number of carbonyl (C=O) groups is 1. The van der Waals surface area contributed by atoms with Crippen molar-refractivity contribution >= 4 is 17.0 Å². The molecule has 2 aromatic heterocycles. The lowest BCUT2D eigenvalue weighted by Gasteiger charge is -2.07. The summed E-state index contributed by atoms with van der Waals surface area (Å²) in [5.41, 5.74) is 3.41. The van der Waals surface area contributed by atoms with Crippen molar-refractivity contribution in [3.63, 3.8) is 0 Å². The average molecular weight is 348 g/mol. The van der Waals surface area contributed by atoms with E-state index in [0.717, 1.165) is 16.6 Å². The van der Waals surface area contributed by atoms with Gasteiger partial charge in [0.05, 0.1) is 22.9 Å². The van der Waals surface area contributed by atoms with Crippen LogP contribution in [0.3, 0.4) is 0 Å². The maximum atomic E-state index is 11.1. The molecule has 4 aromatic rings. The van der Waals surface area contributed by atoms with Crippen molar-refractivity contribution in [1.29, 1.82) is 0 Å². The maximum absolute atomic E-state index is 11.1. The zero-order valence-electron chi connectivity index (χ0n) is 14.2. The highest BCUT2D eigenvalue weighted by atomic mass is 16.4. The smallest absolute Gasteiger partial charge is 0.335 e. The number of carboxylic acid groups (broad SMARTS) is 1. The molecule has 0 fully saturated rings. The van der Waals surface area contributed by atoms with E-state index in [9.17, 15) is 4.79 Å². The van der Waals surface area contributed by atoms with Gasteiger partial charge in [0.15, 0.2) is 0 Å². The lowest BCUT2D eigenvalue weighted by Crippen LogP contribution is -1.98. The van der Waals surface area contributed by atoms with Gasteiger partial charge in [-0.1, -0.05) is 6.07 Å². The van der Waals surface area contributed by atoms with E-state index in [1.54, 1.807) is 12.1 Å². The average Bonchev–Trinajstić information content (AvgIpc) is 3.28. The minimum absolute atomic E-state index is 0.171. The first-order valence-corrected chi connectivity index (χ1v) is 8.17. The Kier molecular flexibility index (Phi) is 3.76. The number of fused-ring (bicyclic) bond motifs is 1. The van der Waals surface area contributed by atoms with Crippen LogP contribution in [0.5, 0.6) is 0 Å². The molecule has 0 aliphatic heterocycles. The van der Waals surface area contributed by atoms with Crippen molar-refractivity contribution in [2.75, 3.05) is 0 Å². The van der Waals surface area contributed by atoms with Crippen LogP contribution < -0.4 is 0 Å². The van der Waals surface area contributed by atoms with Gasteiger partial charge in [0, 0.05) is 17.2 Å². The summed E-state index contributed by atoms with van der Waals surface area (Å²) >= 11 is 0. The number of nitrogens with zero attached hydrogens (tertiary/aromatic N) is 4. The van der Waals surface area contributed by atoms with Crippen LogP contribution in [0.15, 0.2) is 53.2 Å². The molecule has 2 heterocycles. The number of hydrogen-bond acceptors (Lipinski definition) is 5.